The summed E-state index contributed by atoms with van der Waals surface area (Å²) >= 11 is 0. The maximum atomic E-state index is 13.0. The molecule has 0 amide bonds. The molecule has 1 aromatic heterocycles. The Morgan fingerprint density at radius 3 is 2.61 bits per heavy atom. The van der Waals surface area contributed by atoms with Crippen molar-refractivity contribution >= 4 is 5.96 Å². The Bertz CT molecular complexity index is 636. The van der Waals surface area contributed by atoms with E-state index >= 15 is 0 Å². The Morgan fingerprint density at radius 2 is 1.96 bits per heavy atom. The molecule has 0 saturated carbocycles. The van der Waals surface area contributed by atoms with Crippen molar-refractivity contribution in [2.24, 2.45) is 10.7 Å². The molecule has 0 aliphatic heterocycles. The quantitative estimate of drug-likeness (QED) is 0.636. The lowest BCUT2D eigenvalue weighted by Crippen LogP contribution is -2.35. The van der Waals surface area contributed by atoms with E-state index in [-0.39, 0.29) is 11.2 Å². The number of nitrogens with two attached hydrogens (primary N) is 1. The highest BCUT2D eigenvalue weighted by atomic mass is 19.1. The molecule has 2 rings (SSSR count). The highest BCUT2D eigenvalue weighted by molar-refractivity contribution is 5.77. The summed E-state index contributed by atoms with van der Waals surface area (Å²) in [6.07, 6.45) is 2.57. The fourth-order valence-electron chi connectivity index (χ4n) is 2.20. The Labute approximate surface area is 136 Å². The predicted molar refractivity (Wildman–Crippen MR) is 91.9 cm³/mol. The molecule has 0 fully saturated rings. The molecule has 3 N–H and O–H groups in total. The van der Waals surface area contributed by atoms with Crippen LogP contribution < -0.4 is 11.1 Å². The van der Waals surface area contributed by atoms with Gasteiger partial charge in [0, 0.05) is 30.3 Å². The van der Waals surface area contributed by atoms with E-state index in [1.807, 2.05) is 18.2 Å². The Balaban J connectivity index is 1.84. The number of aromatic nitrogens is 1. The lowest BCUT2D eigenvalue weighted by atomic mass is 9.85. The summed E-state index contributed by atoms with van der Waals surface area (Å²) in [6, 6.07) is 12.3. The van der Waals surface area contributed by atoms with Gasteiger partial charge in [-0.15, -0.1) is 0 Å². The van der Waals surface area contributed by atoms with Gasteiger partial charge >= 0.3 is 0 Å². The molecular formula is C18H23FN4. The molecule has 4 nitrogen and oxygen atoms in total. The molecule has 2 aromatic rings. The molecule has 0 radical (unpaired) electrons. The molecule has 0 unspecified atom stereocenters. The molecule has 0 spiro atoms. The first-order chi connectivity index (χ1) is 11.0. The highest BCUT2D eigenvalue weighted by Gasteiger charge is 2.20. The number of halogens is 1. The number of benzene rings is 1. The van der Waals surface area contributed by atoms with Crippen molar-refractivity contribution in [1.29, 1.82) is 0 Å². The summed E-state index contributed by atoms with van der Waals surface area (Å²) in [5, 5.41) is 3.09. The first-order valence-electron chi connectivity index (χ1n) is 7.67. The zero-order chi connectivity index (χ0) is 16.7. The standard InChI is InChI=1S/C18H23FN4/c1-18(2,14-6-8-15(19)9-7-14)13-23-17(20)22-12-10-16-5-3-4-11-21-16/h3-9,11H,10,12-13H2,1-2H3,(H3,20,22,23). The molecular weight excluding hydrogens is 291 g/mol. The molecule has 0 atom stereocenters. The van der Waals surface area contributed by atoms with E-state index < -0.39 is 0 Å². The lowest BCUT2D eigenvalue weighted by molar-refractivity contribution is 0.536. The van der Waals surface area contributed by atoms with Crippen LogP contribution in [0, 0.1) is 5.82 Å². The van der Waals surface area contributed by atoms with E-state index in [4.69, 9.17) is 5.73 Å². The summed E-state index contributed by atoms with van der Waals surface area (Å²) < 4.78 is 13.0. The molecule has 23 heavy (non-hydrogen) atoms. The third-order valence-electron chi connectivity index (χ3n) is 3.68. The third kappa shape index (κ3) is 5.36. The smallest absolute Gasteiger partial charge is 0.188 e. The van der Waals surface area contributed by atoms with Crippen LogP contribution >= 0.6 is 0 Å². The lowest BCUT2D eigenvalue weighted by Gasteiger charge is -2.23. The van der Waals surface area contributed by atoms with Crippen LogP contribution in [0.5, 0.6) is 0 Å². The molecule has 0 aliphatic carbocycles. The molecule has 0 saturated heterocycles. The topological polar surface area (TPSA) is 63.3 Å². The summed E-state index contributed by atoms with van der Waals surface area (Å²) in [7, 11) is 0. The van der Waals surface area contributed by atoms with Crippen molar-refractivity contribution in [2.75, 3.05) is 13.1 Å². The van der Waals surface area contributed by atoms with Gasteiger partial charge in [0.25, 0.3) is 0 Å². The van der Waals surface area contributed by atoms with Gasteiger partial charge in [0.2, 0.25) is 0 Å². The first kappa shape index (κ1) is 16.9. The number of nitrogens with zero attached hydrogens (tertiary/aromatic N) is 2. The number of pyridine rings is 1. The maximum absolute atomic E-state index is 13.0. The second kappa shape index (κ2) is 7.72. The number of aliphatic imine (C=N–C) groups is 1. The van der Waals surface area contributed by atoms with Crippen LogP contribution in [-0.4, -0.2) is 24.0 Å². The van der Waals surface area contributed by atoms with Gasteiger partial charge in [-0.1, -0.05) is 32.0 Å². The van der Waals surface area contributed by atoms with E-state index in [0.29, 0.717) is 19.0 Å². The van der Waals surface area contributed by atoms with Crippen LogP contribution in [0.3, 0.4) is 0 Å². The largest absolute Gasteiger partial charge is 0.370 e. The van der Waals surface area contributed by atoms with Crippen molar-refractivity contribution in [1.82, 2.24) is 10.3 Å². The van der Waals surface area contributed by atoms with Crippen LogP contribution in [0.1, 0.15) is 25.1 Å². The summed E-state index contributed by atoms with van der Waals surface area (Å²) in [6.45, 7) is 5.33. The van der Waals surface area contributed by atoms with E-state index in [9.17, 15) is 4.39 Å². The average molecular weight is 314 g/mol. The molecule has 1 heterocycles. The fourth-order valence-corrected chi connectivity index (χ4v) is 2.20. The van der Waals surface area contributed by atoms with Crippen molar-refractivity contribution in [3.63, 3.8) is 0 Å². The summed E-state index contributed by atoms with van der Waals surface area (Å²) in [4.78, 5) is 8.65. The van der Waals surface area contributed by atoms with Crippen molar-refractivity contribution in [2.45, 2.75) is 25.7 Å². The van der Waals surface area contributed by atoms with E-state index in [0.717, 1.165) is 17.7 Å². The van der Waals surface area contributed by atoms with Gasteiger partial charge in [0.1, 0.15) is 5.82 Å². The number of nitrogens with one attached hydrogen (secondary N) is 1. The molecule has 5 heteroatoms. The minimum Gasteiger partial charge on any atom is -0.370 e. The second-order valence-corrected chi connectivity index (χ2v) is 6.09. The molecule has 1 aromatic carbocycles. The Hall–Kier alpha value is -2.43. The van der Waals surface area contributed by atoms with Crippen LogP contribution in [0.2, 0.25) is 0 Å². The SMILES string of the molecule is CC(C)(CN=C(N)NCCc1ccccn1)c1ccc(F)cc1. The number of rotatable bonds is 6. The van der Waals surface area contributed by atoms with E-state index in [1.165, 1.54) is 12.1 Å². The van der Waals surface area contributed by atoms with E-state index in [1.54, 1.807) is 18.3 Å². The van der Waals surface area contributed by atoms with Crippen molar-refractivity contribution in [3.05, 3.63) is 65.7 Å². The number of hydrogen-bond donors (Lipinski definition) is 2. The van der Waals surface area contributed by atoms with E-state index in [2.05, 4.69) is 29.1 Å². The average Bonchev–Trinajstić information content (AvgIpc) is 2.54. The predicted octanol–water partition coefficient (Wildman–Crippen LogP) is 2.65. The maximum Gasteiger partial charge on any atom is 0.188 e. The Morgan fingerprint density at radius 1 is 1.22 bits per heavy atom. The minimum atomic E-state index is -0.233. The van der Waals surface area contributed by atoms with Crippen LogP contribution in [0.25, 0.3) is 0 Å². The molecule has 122 valence electrons. The normalized spacial score (nSPS) is 12.2. The van der Waals surface area contributed by atoms with Gasteiger partial charge in [0.05, 0.1) is 6.54 Å². The summed E-state index contributed by atoms with van der Waals surface area (Å²) in [5.41, 5.74) is 7.74. The van der Waals surface area contributed by atoms with Gasteiger partial charge in [-0.05, 0) is 29.8 Å². The van der Waals surface area contributed by atoms with Crippen LogP contribution in [-0.2, 0) is 11.8 Å². The zero-order valence-corrected chi connectivity index (χ0v) is 13.6. The van der Waals surface area contributed by atoms with Crippen LogP contribution in [0.15, 0.2) is 53.7 Å². The molecule has 0 bridgehead atoms. The zero-order valence-electron chi connectivity index (χ0n) is 13.6. The van der Waals surface area contributed by atoms with Gasteiger partial charge in [0.15, 0.2) is 5.96 Å². The van der Waals surface area contributed by atoms with Gasteiger partial charge in [-0.3, -0.25) is 9.98 Å². The monoisotopic (exact) mass is 314 g/mol. The minimum absolute atomic E-state index is 0.207. The Kier molecular flexibility index (Phi) is 5.68. The van der Waals surface area contributed by atoms with Crippen molar-refractivity contribution < 1.29 is 4.39 Å². The number of hydrogen-bond acceptors (Lipinski definition) is 2. The second-order valence-electron chi connectivity index (χ2n) is 6.09. The first-order valence-corrected chi connectivity index (χ1v) is 7.67. The molecule has 0 aliphatic rings. The third-order valence-corrected chi connectivity index (χ3v) is 3.68. The van der Waals surface area contributed by atoms with Gasteiger partial charge < -0.3 is 11.1 Å². The van der Waals surface area contributed by atoms with Crippen molar-refractivity contribution in [3.8, 4) is 0 Å². The van der Waals surface area contributed by atoms with Gasteiger partial charge in [-0.2, -0.15) is 0 Å². The van der Waals surface area contributed by atoms with Gasteiger partial charge in [-0.25, -0.2) is 4.39 Å². The number of guanidine groups is 1. The fraction of sp³-hybridized carbons (Fsp3) is 0.333. The highest BCUT2D eigenvalue weighted by Crippen LogP contribution is 2.23. The van der Waals surface area contributed by atoms with Crippen LogP contribution in [0.4, 0.5) is 4.39 Å². The summed E-state index contributed by atoms with van der Waals surface area (Å²) in [5.74, 6) is 0.180.